The highest BCUT2D eigenvalue weighted by Gasteiger charge is 2.45. The molecule has 146 valence electrons. The molecule has 3 atom stereocenters. The van der Waals surface area contributed by atoms with Gasteiger partial charge in [-0.05, 0) is 35.8 Å². The van der Waals surface area contributed by atoms with Crippen molar-refractivity contribution in [1.82, 2.24) is 4.90 Å². The van der Waals surface area contributed by atoms with Crippen LogP contribution in [0.4, 0.5) is 0 Å². The van der Waals surface area contributed by atoms with E-state index in [0.29, 0.717) is 12.5 Å². The second-order valence-electron chi connectivity index (χ2n) is 7.87. The Balaban J connectivity index is 2.21. The molecule has 0 radical (unpaired) electrons. The van der Waals surface area contributed by atoms with Crippen molar-refractivity contribution in [2.24, 2.45) is 11.3 Å². The van der Waals surface area contributed by atoms with Gasteiger partial charge >= 0.3 is 0 Å². The molecule has 1 amide bonds. The fraction of sp³-hybridized carbons (Fsp3) is 0.682. The van der Waals surface area contributed by atoms with Crippen molar-refractivity contribution in [2.75, 3.05) is 18.1 Å². The maximum atomic E-state index is 13.7. The lowest BCUT2D eigenvalue weighted by Gasteiger charge is -2.38. The van der Waals surface area contributed by atoms with Crippen LogP contribution in [-0.4, -0.2) is 41.2 Å². The molecular formula is C22H35NO2S. The van der Waals surface area contributed by atoms with Crippen LogP contribution in [0.1, 0.15) is 53.0 Å². The first kappa shape index (κ1) is 21.3. The third kappa shape index (κ3) is 5.04. The summed E-state index contributed by atoms with van der Waals surface area (Å²) in [4.78, 5) is 15.8. The van der Waals surface area contributed by atoms with Crippen LogP contribution in [0.5, 0.6) is 0 Å². The Bertz CT molecular complexity index is 563. The van der Waals surface area contributed by atoms with Gasteiger partial charge in [0.05, 0.1) is 18.1 Å². The van der Waals surface area contributed by atoms with Crippen LogP contribution in [0.15, 0.2) is 30.3 Å². The number of ether oxygens (including phenoxy) is 1. The molecule has 0 spiro atoms. The van der Waals surface area contributed by atoms with Crippen LogP contribution < -0.4 is 0 Å². The molecule has 1 aromatic carbocycles. The Morgan fingerprint density at radius 3 is 2.58 bits per heavy atom. The smallest absolute Gasteiger partial charge is 0.231 e. The summed E-state index contributed by atoms with van der Waals surface area (Å²) in [5, 5.41) is 0. The number of carbonyl (C=O) groups is 1. The summed E-state index contributed by atoms with van der Waals surface area (Å²) >= 11 is 1.92. The number of thioether (sulfide) groups is 1. The zero-order valence-electron chi connectivity index (χ0n) is 17.0. The summed E-state index contributed by atoms with van der Waals surface area (Å²) in [5.41, 5.74) is 0.836. The average Bonchev–Trinajstić information content (AvgIpc) is 3.06. The fourth-order valence-corrected chi connectivity index (χ4v) is 4.30. The van der Waals surface area contributed by atoms with Gasteiger partial charge in [0.25, 0.3) is 0 Å². The molecule has 4 heteroatoms. The van der Waals surface area contributed by atoms with Gasteiger partial charge in [-0.15, -0.1) is 0 Å². The molecule has 0 aliphatic carbocycles. The van der Waals surface area contributed by atoms with E-state index in [-0.39, 0.29) is 18.2 Å². The van der Waals surface area contributed by atoms with Gasteiger partial charge in [0.15, 0.2) is 0 Å². The van der Waals surface area contributed by atoms with E-state index in [1.54, 1.807) is 0 Å². The lowest BCUT2D eigenvalue weighted by Crippen LogP contribution is -2.51. The van der Waals surface area contributed by atoms with Gasteiger partial charge in [-0.3, -0.25) is 4.79 Å². The zero-order valence-corrected chi connectivity index (χ0v) is 17.8. The maximum Gasteiger partial charge on any atom is 0.231 e. The van der Waals surface area contributed by atoms with Crippen LogP contribution in [0, 0.1) is 11.3 Å². The molecular weight excluding hydrogens is 342 g/mol. The second-order valence-corrected chi connectivity index (χ2v) is 9.27. The summed E-state index contributed by atoms with van der Waals surface area (Å²) in [5.74, 6) is 2.80. The van der Waals surface area contributed by atoms with E-state index in [0.717, 1.165) is 30.8 Å². The molecule has 0 unspecified atom stereocenters. The first-order valence-corrected chi connectivity index (χ1v) is 11.1. The summed E-state index contributed by atoms with van der Waals surface area (Å²) in [7, 11) is 0. The molecule has 1 saturated heterocycles. The number of amides is 1. The normalized spacial score (nSPS) is 22.6. The molecule has 2 rings (SSSR count). The highest BCUT2D eigenvalue weighted by molar-refractivity contribution is 7.99. The largest absolute Gasteiger partial charge is 0.356 e. The number of hydrogen-bond donors (Lipinski definition) is 0. The van der Waals surface area contributed by atoms with E-state index >= 15 is 0 Å². The minimum atomic E-state index is -0.391. The molecule has 0 saturated carbocycles. The Kier molecular flexibility index (Phi) is 8.03. The molecule has 3 nitrogen and oxygen atoms in total. The van der Waals surface area contributed by atoms with Crippen LogP contribution in [0.25, 0.3) is 0 Å². The van der Waals surface area contributed by atoms with Gasteiger partial charge in [-0.2, -0.15) is 11.8 Å². The number of hydrogen-bond acceptors (Lipinski definition) is 3. The summed E-state index contributed by atoms with van der Waals surface area (Å²) in [6.07, 6.45) is 2.45. The van der Waals surface area contributed by atoms with Crippen LogP contribution in [0.2, 0.25) is 0 Å². The van der Waals surface area contributed by atoms with E-state index in [1.165, 1.54) is 5.56 Å². The van der Waals surface area contributed by atoms with Gasteiger partial charge in [0.1, 0.15) is 6.23 Å². The molecule has 1 fully saturated rings. The third-order valence-electron chi connectivity index (χ3n) is 5.58. The molecule has 1 aromatic rings. The van der Waals surface area contributed by atoms with E-state index in [4.69, 9.17) is 4.74 Å². The quantitative estimate of drug-likeness (QED) is 0.567. The van der Waals surface area contributed by atoms with Crippen molar-refractivity contribution in [3.63, 3.8) is 0 Å². The first-order chi connectivity index (χ1) is 12.4. The minimum absolute atomic E-state index is 0.0735. The number of carbonyl (C=O) groups excluding carboxylic acids is 1. The van der Waals surface area contributed by atoms with E-state index < -0.39 is 5.41 Å². The SMILES string of the molecule is CCSCC[C@H]1OC[C@H](C(C)C)N1C(=O)[C@@](C)(CC)Cc1ccccc1. The lowest BCUT2D eigenvalue weighted by molar-refractivity contribution is -0.149. The Morgan fingerprint density at radius 2 is 2.00 bits per heavy atom. The summed E-state index contributed by atoms with van der Waals surface area (Å²) in [6, 6.07) is 10.6. The van der Waals surface area contributed by atoms with Gasteiger partial charge < -0.3 is 9.64 Å². The van der Waals surface area contributed by atoms with Crippen LogP contribution in [-0.2, 0) is 16.0 Å². The fourth-order valence-electron chi connectivity index (χ4n) is 3.64. The number of nitrogens with zero attached hydrogens (tertiary/aromatic N) is 1. The predicted octanol–water partition coefficient (Wildman–Crippen LogP) is 5.00. The molecule has 26 heavy (non-hydrogen) atoms. The predicted molar refractivity (Wildman–Crippen MR) is 111 cm³/mol. The summed E-state index contributed by atoms with van der Waals surface area (Å²) < 4.78 is 6.09. The highest BCUT2D eigenvalue weighted by Crippen LogP contribution is 2.35. The topological polar surface area (TPSA) is 29.5 Å². The van der Waals surface area contributed by atoms with Crippen LogP contribution >= 0.6 is 11.8 Å². The van der Waals surface area contributed by atoms with Gasteiger partial charge in [-0.1, -0.05) is 65.0 Å². The Labute approximate surface area is 163 Å². The highest BCUT2D eigenvalue weighted by atomic mass is 32.2. The maximum absolute atomic E-state index is 13.7. The van der Waals surface area contributed by atoms with Crippen molar-refractivity contribution in [3.8, 4) is 0 Å². The monoisotopic (exact) mass is 377 g/mol. The van der Waals surface area contributed by atoms with Crippen molar-refractivity contribution in [1.29, 1.82) is 0 Å². The second kappa shape index (κ2) is 9.80. The van der Waals surface area contributed by atoms with Crippen molar-refractivity contribution in [3.05, 3.63) is 35.9 Å². The van der Waals surface area contributed by atoms with E-state index in [9.17, 15) is 4.79 Å². The lowest BCUT2D eigenvalue weighted by atomic mass is 9.79. The molecule has 1 heterocycles. The van der Waals surface area contributed by atoms with E-state index in [2.05, 4.69) is 63.8 Å². The molecule has 0 N–H and O–H groups in total. The van der Waals surface area contributed by atoms with Gasteiger partial charge in [-0.25, -0.2) is 0 Å². The van der Waals surface area contributed by atoms with Gasteiger partial charge in [0.2, 0.25) is 5.91 Å². The first-order valence-electron chi connectivity index (χ1n) is 9.99. The van der Waals surface area contributed by atoms with Crippen LogP contribution in [0.3, 0.4) is 0 Å². The average molecular weight is 378 g/mol. The number of benzene rings is 1. The zero-order chi connectivity index (χ0) is 19.2. The van der Waals surface area contributed by atoms with Crippen molar-refractivity contribution < 1.29 is 9.53 Å². The standard InChI is InChI=1S/C22H35NO2S/c1-6-22(5,15-18-11-9-8-10-12-18)21(24)23-19(17(3)4)16-25-20(23)13-14-26-7-2/h8-12,17,19-20H,6-7,13-16H2,1-5H3/t19-,20-,22+/m1/s1. The Hall–Kier alpha value is -1.00. The Morgan fingerprint density at radius 1 is 1.31 bits per heavy atom. The molecule has 1 aliphatic heterocycles. The molecule has 0 aromatic heterocycles. The number of rotatable bonds is 9. The molecule has 0 bridgehead atoms. The summed E-state index contributed by atoms with van der Waals surface area (Å²) in [6.45, 7) is 11.5. The van der Waals surface area contributed by atoms with Gasteiger partial charge in [0, 0.05) is 6.42 Å². The molecule has 1 aliphatic rings. The minimum Gasteiger partial charge on any atom is -0.356 e. The van der Waals surface area contributed by atoms with Crippen molar-refractivity contribution in [2.45, 2.75) is 66.2 Å². The van der Waals surface area contributed by atoms with E-state index in [1.807, 2.05) is 17.8 Å². The third-order valence-corrected chi connectivity index (χ3v) is 6.51. The van der Waals surface area contributed by atoms with Crippen molar-refractivity contribution >= 4 is 17.7 Å².